The molecule has 1 amide bonds. The number of hydrogen-bond donors (Lipinski definition) is 1. The van der Waals surface area contributed by atoms with Gasteiger partial charge in [-0.1, -0.05) is 23.7 Å². The van der Waals surface area contributed by atoms with Gasteiger partial charge in [0.15, 0.2) is 5.13 Å². The third-order valence-electron chi connectivity index (χ3n) is 3.99. The van der Waals surface area contributed by atoms with E-state index < -0.39 is 0 Å². The van der Waals surface area contributed by atoms with Crippen molar-refractivity contribution in [3.05, 3.63) is 69.6 Å². The van der Waals surface area contributed by atoms with Crippen LogP contribution >= 0.6 is 22.9 Å². The minimum absolute atomic E-state index is 0.226. The quantitative estimate of drug-likeness (QED) is 0.557. The first kappa shape index (κ1) is 19.1. The fourth-order valence-corrected chi connectivity index (χ4v) is 3.60. The van der Waals surface area contributed by atoms with Crippen molar-refractivity contribution in [2.45, 2.75) is 13.8 Å². The second-order valence-electron chi connectivity index (χ2n) is 5.98. The highest BCUT2D eigenvalue weighted by Crippen LogP contribution is 2.32. The molecular formula is C21H19ClN2O2S. The van der Waals surface area contributed by atoms with Gasteiger partial charge in [0.05, 0.1) is 12.8 Å². The van der Waals surface area contributed by atoms with E-state index in [2.05, 4.69) is 10.3 Å². The number of aryl methyl sites for hydroxylation is 2. The molecule has 0 aliphatic carbocycles. The molecule has 0 saturated carbocycles. The largest absolute Gasteiger partial charge is 0.496 e. The highest BCUT2D eigenvalue weighted by Gasteiger charge is 2.12. The van der Waals surface area contributed by atoms with Gasteiger partial charge >= 0.3 is 0 Å². The number of nitrogens with one attached hydrogen (secondary N) is 1. The molecule has 1 heterocycles. The van der Waals surface area contributed by atoms with Crippen molar-refractivity contribution < 1.29 is 9.53 Å². The number of methoxy groups -OCH3 is 1. The van der Waals surface area contributed by atoms with Gasteiger partial charge in [0, 0.05) is 21.5 Å². The summed E-state index contributed by atoms with van der Waals surface area (Å²) in [6.45, 7) is 3.99. The molecule has 4 nitrogen and oxygen atoms in total. The molecule has 2 aromatic carbocycles. The van der Waals surface area contributed by atoms with Crippen molar-refractivity contribution >= 4 is 40.1 Å². The van der Waals surface area contributed by atoms with Crippen LogP contribution in [0.25, 0.3) is 17.3 Å². The molecule has 138 valence electrons. The van der Waals surface area contributed by atoms with Crippen molar-refractivity contribution in [2.75, 3.05) is 12.4 Å². The molecule has 0 aliphatic rings. The van der Waals surface area contributed by atoms with Crippen LogP contribution in [0.15, 0.2) is 48.5 Å². The van der Waals surface area contributed by atoms with Crippen LogP contribution in [0.5, 0.6) is 5.75 Å². The number of aromatic nitrogens is 1. The Kier molecular flexibility index (Phi) is 5.94. The molecular weight excluding hydrogens is 380 g/mol. The number of carbonyl (C=O) groups excluding carboxylic acids is 1. The topological polar surface area (TPSA) is 51.2 Å². The second kappa shape index (κ2) is 8.37. The first-order valence-corrected chi connectivity index (χ1v) is 9.53. The monoisotopic (exact) mass is 398 g/mol. The minimum atomic E-state index is -0.226. The molecule has 0 radical (unpaired) electrons. The highest BCUT2D eigenvalue weighted by atomic mass is 35.5. The summed E-state index contributed by atoms with van der Waals surface area (Å²) < 4.78 is 5.30. The maximum atomic E-state index is 12.2. The average molecular weight is 399 g/mol. The molecule has 0 fully saturated rings. The molecule has 0 spiro atoms. The Balaban J connectivity index is 1.73. The van der Waals surface area contributed by atoms with Crippen molar-refractivity contribution in [1.82, 2.24) is 4.98 Å². The fourth-order valence-electron chi connectivity index (χ4n) is 2.64. The number of amides is 1. The molecule has 0 atom stereocenters. The first-order valence-electron chi connectivity index (χ1n) is 8.33. The molecule has 6 heteroatoms. The summed E-state index contributed by atoms with van der Waals surface area (Å²) in [7, 11) is 1.65. The standard InChI is InChI=1S/C21H19ClN2O2S/c1-13-12-16(7-10-18(13)26-3)20-14(2)27-21(24-20)23-19(25)11-6-15-4-8-17(22)9-5-15/h4-12H,1-3H3,(H,23,24,25)/b11-6+. The van der Waals surface area contributed by atoms with E-state index in [-0.39, 0.29) is 5.91 Å². The Hall–Kier alpha value is -2.63. The van der Waals surface area contributed by atoms with Crippen LogP contribution < -0.4 is 10.1 Å². The normalized spacial score (nSPS) is 11.0. The number of rotatable bonds is 5. The molecule has 0 unspecified atom stereocenters. The van der Waals surface area contributed by atoms with E-state index in [0.717, 1.165) is 33.0 Å². The Morgan fingerprint density at radius 2 is 1.93 bits per heavy atom. The van der Waals surface area contributed by atoms with Gasteiger partial charge in [-0.05, 0) is 61.4 Å². The van der Waals surface area contributed by atoms with Gasteiger partial charge in [-0.2, -0.15) is 0 Å². The van der Waals surface area contributed by atoms with Crippen LogP contribution in [0.1, 0.15) is 16.0 Å². The van der Waals surface area contributed by atoms with Crippen molar-refractivity contribution in [3.8, 4) is 17.0 Å². The SMILES string of the molecule is COc1ccc(-c2nc(NC(=O)/C=C/c3ccc(Cl)cc3)sc2C)cc1C. The van der Waals surface area contributed by atoms with E-state index in [4.69, 9.17) is 16.3 Å². The molecule has 1 aromatic heterocycles. The van der Waals surface area contributed by atoms with Gasteiger partial charge in [0.2, 0.25) is 5.91 Å². The zero-order valence-corrected chi connectivity index (χ0v) is 16.8. The van der Waals surface area contributed by atoms with Crippen LogP contribution in [0.3, 0.4) is 0 Å². The Morgan fingerprint density at radius 1 is 1.19 bits per heavy atom. The van der Waals surface area contributed by atoms with Gasteiger partial charge in [0.1, 0.15) is 5.75 Å². The average Bonchev–Trinajstić information content (AvgIpc) is 3.01. The third kappa shape index (κ3) is 4.76. The molecule has 0 saturated heterocycles. The van der Waals surface area contributed by atoms with Crippen molar-refractivity contribution in [3.63, 3.8) is 0 Å². The van der Waals surface area contributed by atoms with Gasteiger partial charge in [-0.3, -0.25) is 10.1 Å². The van der Waals surface area contributed by atoms with E-state index in [1.165, 1.54) is 17.4 Å². The fraction of sp³-hybridized carbons (Fsp3) is 0.143. The number of halogens is 1. The Labute approximate surface area is 167 Å². The number of anilines is 1. The molecule has 3 rings (SSSR count). The predicted molar refractivity (Wildman–Crippen MR) is 113 cm³/mol. The molecule has 27 heavy (non-hydrogen) atoms. The number of hydrogen-bond acceptors (Lipinski definition) is 4. The Bertz CT molecular complexity index is 994. The Morgan fingerprint density at radius 3 is 2.59 bits per heavy atom. The molecule has 0 aliphatic heterocycles. The molecule has 3 aromatic rings. The summed E-state index contributed by atoms with van der Waals surface area (Å²) in [6.07, 6.45) is 3.22. The zero-order valence-electron chi connectivity index (χ0n) is 15.2. The lowest BCUT2D eigenvalue weighted by Crippen LogP contribution is -2.07. The van der Waals surface area contributed by atoms with E-state index >= 15 is 0 Å². The van der Waals surface area contributed by atoms with Gasteiger partial charge < -0.3 is 4.74 Å². The number of ether oxygens (including phenoxy) is 1. The summed E-state index contributed by atoms with van der Waals surface area (Å²) in [5.74, 6) is 0.614. The summed E-state index contributed by atoms with van der Waals surface area (Å²) in [5.41, 5.74) is 3.81. The van der Waals surface area contributed by atoms with E-state index in [1.807, 2.05) is 44.2 Å². The van der Waals surface area contributed by atoms with E-state index in [9.17, 15) is 4.79 Å². The van der Waals surface area contributed by atoms with Crippen LogP contribution in [-0.4, -0.2) is 18.0 Å². The molecule has 0 bridgehead atoms. The smallest absolute Gasteiger partial charge is 0.250 e. The molecule has 1 N–H and O–H groups in total. The zero-order chi connectivity index (χ0) is 19.4. The lowest BCUT2D eigenvalue weighted by Gasteiger charge is -2.06. The number of benzene rings is 2. The summed E-state index contributed by atoms with van der Waals surface area (Å²) in [5, 5.41) is 4.06. The van der Waals surface area contributed by atoms with Crippen LogP contribution in [0.4, 0.5) is 5.13 Å². The first-order chi connectivity index (χ1) is 13.0. The summed E-state index contributed by atoms with van der Waals surface area (Å²) >= 11 is 7.31. The maximum absolute atomic E-state index is 12.2. The van der Waals surface area contributed by atoms with E-state index in [0.29, 0.717) is 10.2 Å². The number of nitrogens with zero attached hydrogens (tertiary/aromatic N) is 1. The summed E-state index contributed by atoms with van der Waals surface area (Å²) in [6, 6.07) is 13.2. The summed E-state index contributed by atoms with van der Waals surface area (Å²) in [4.78, 5) is 17.8. The van der Waals surface area contributed by atoms with Crippen molar-refractivity contribution in [2.24, 2.45) is 0 Å². The highest BCUT2D eigenvalue weighted by molar-refractivity contribution is 7.16. The van der Waals surface area contributed by atoms with Gasteiger partial charge in [-0.25, -0.2) is 4.98 Å². The van der Waals surface area contributed by atoms with E-state index in [1.54, 1.807) is 25.3 Å². The minimum Gasteiger partial charge on any atom is -0.496 e. The van der Waals surface area contributed by atoms with Gasteiger partial charge in [-0.15, -0.1) is 11.3 Å². The number of thiazole rings is 1. The maximum Gasteiger partial charge on any atom is 0.250 e. The predicted octanol–water partition coefficient (Wildman–Crippen LogP) is 5.74. The van der Waals surface area contributed by atoms with Gasteiger partial charge in [0.25, 0.3) is 0 Å². The van der Waals surface area contributed by atoms with Crippen LogP contribution in [0.2, 0.25) is 5.02 Å². The lowest BCUT2D eigenvalue weighted by molar-refractivity contribution is -0.111. The number of carbonyl (C=O) groups is 1. The van der Waals surface area contributed by atoms with Crippen LogP contribution in [-0.2, 0) is 4.79 Å². The second-order valence-corrected chi connectivity index (χ2v) is 7.62. The third-order valence-corrected chi connectivity index (χ3v) is 5.13. The van der Waals surface area contributed by atoms with Crippen LogP contribution in [0, 0.1) is 13.8 Å². The lowest BCUT2D eigenvalue weighted by atomic mass is 10.1. The van der Waals surface area contributed by atoms with Crippen molar-refractivity contribution in [1.29, 1.82) is 0 Å².